The van der Waals surface area contributed by atoms with Crippen LogP contribution in [0.4, 0.5) is 0 Å². The minimum Gasteiger partial charge on any atom is -0.396 e. The Morgan fingerprint density at radius 3 is 1.82 bits per heavy atom. The molecule has 11 heavy (non-hydrogen) atoms. The molecule has 2 aliphatic heterocycles. The Labute approximate surface area is 66.3 Å². The molecule has 0 unspecified atom stereocenters. The normalized spacial score (nSPS) is 32.2. The van der Waals surface area contributed by atoms with Crippen LogP contribution in [0.5, 0.6) is 0 Å². The van der Waals surface area contributed by atoms with Crippen LogP contribution < -0.4 is 0 Å². The second-order valence-corrected chi connectivity index (χ2v) is 3.98. The van der Waals surface area contributed by atoms with Crippen LogP contribution in [0.15, 0.2) is 0 Å². The number of hydrogen-bond donors (Lipinski definition) is 1. The SMILES string of the molecule is CC1(C2(CO)COC2)COC1. The zero-order chi connectivity index (χ0) is 7.95. The van der Waals surface area contributed by atoms with E-state index in [0.29, 0.717) is 13.2 Å². The van der Waals surface area contributed by atoms with Gasteiger partial charge in [0.25, 0.3) is 0 Å². The number of rotatable bonds is 2. The molecule has 0 atom stereocenters. The molecule has 0 aromatic heterocycles. The molecule has 0 amide bonds. The summed E-state index contributed by atoms with van der Waals surface area (Å²) in [4.78, 5) is 0. The molecular weight excluding hydrogens is 144 g/mol. The van der Waals surface area contributed by atoms with Gasteiger partial charge in [-0.05, 0) is 0 Å². The summed E-state index contributed by atoms with van der Waals surface area (Å²) in [7, 11) is 0. The predicted molar refractivity (Wildman–Crippen MR) is 39.3 cm³/mol. The van der Waals surface area contributed by atoms with Gasteiger partial charge in [0.15, 0.2) is 0 Å². The van der Waals surface area contributed by atoms with Crippen molar-refractivity contribution in [3.8, 4) is 0 Å². The topological polar surface area (TPSA) is 38.7 Å². The Hall–Kier alpha value is -0.120. The molecule has 2 saturated heterocycles. The van der Waals surface area contributed by atoms with Gasteiger partial charge in [-0.3, -0.25) is 0 Å². The minimum absolute atomic E-state index is 0.00521. The van der Waals surface area contributed by atoms with Crippen molar-refractivity contribution in [3.63, 3.8) is 0 Å². The van der Waals surface area contributed by atoms with E-state index < -0.39 is 0 Å². The average molecular weight is 158 g/mol. The quantitative estimate of drug-likeness (QED) is 0.616. The first kappa shape index (κ1) is 7.53. The van der Waals surface area contributed by atoms with E-state index in [9.17, 15) is 5.11 Å². The van der Waals surface area contributed by atoms with Gasteiger partial charge < -0.3 is 14.6 Å². The summed E-state index contributed by atoms with van der Waals surface area (Å²) in [5.74, 6) is 0. The van der Waals surface area contributed by atoms with Gasteiger partial charge in [0, 0.05) is 10.8 Å². The van der Waals surface area contributed by atoms with Crippen molar-refractivity contribution >= 4 is 0 Å². The van der Waals surface area contributed by atoms with E-state index in [1.807, 2.05) is 0 Å². The zero-order valence-corrected chi connectivity index (χ0v) is 6.80. The van der Waals surface area contributed by atoms with Gasteiger partial charge in [-0.15, -0.1) is 0 Å². The maximum absolute atomic E-state index is 9.20. The summed E-state index contributed by atoms with van der Waals surface area (Å²) in [5.41, 5.74) is 0.172. The number of hydrogen-bond acceptors (Lipinski definition) is 3. The third kappa shape index (κ3) is 0.789. The standard InChI is InChI=1S/C8H14O3/c1-7(3-10-4-7)8(2-9)5-11-6-8/h9H,2-6H2,1H3. The van der Waals surface area contributed by atoms with Gasteiger partial charge in [0.1, 0.15) is 0 Å². The lowest BCUT2D eigenvalue weighted by Gasteiger charge is -2.56. The van der Waals surface area contributed by atoms with Crippen LogP contribution in [0, 0.1) is 10.8 Å². The molecule has 0 aromatic carbocycles. The molecule has 3 heteroatoms. The van der Waals surface area contributed by atoms with Crippen molar-refractivity contribution in [2.45, 2.75) is 6.92 Å². The zero-order valence-electron chi connectivity index (χ0n) is 6.80. The Balaban J connectivity index is 2.10. The first-order chi connectivity index (χ1) is 5.22. The molecule has 0 spiro atoms. The molecule has 2 rings (SSSR count). The van der Waals surface area contributed by atoms with Crippen molar-refractivity contribution in [1.82, 2.24) is 0 Å². The second kappa shape index (κ2) is 2.19. The lowest BCUT2D eigenvalue weighted by Crippen LogP contribution is -2.64. The van der Waals surface area contributed by atoms with Gasteiger partial charge >= 0.3 is 0 Å². The number of ether oxygens (including phenoxy) is 2. The van der Waals surface area contributed by atoms with Gasteiger partial charge in [-0.1, -0.05) is 6.92 Å². The van der Waals surface area contributed by atoms with E-state index in [-0.39, 0.29) is 17.4 Å². The summed E-state index contributed by atoms with van der Waals surface area (Å²) >= 11 is 0. The van der Waals surface area contributed by atoms with E-state index in [0.717, 1.165) is 13.2 Å². The molecule has 1 N–H and O–H groups in total. The fourth-order valence-corrected chi connectivity index (χ4v) is 1.69. The summed E-state index contributed by atoms with van der Waals surface area (Å²) in [6, 6.07) is 0. The molecule has 2 aliphatic rings. The van der Waals surface area contributed by atoms with Crippen LogP contribution >= 0.6 is 0 Å². The Kier molecular flexibility index (Phi) is 1.50. The van der Waals surface area contributed by atoms with E-state index in [1.54, 1.807) is 0 Å². The lowest BCUT2D eigenvalue weighted by atomic mass is 9.62. The summed E-state index contributed by atoms with van der Waals surface area (Å²) in [6.07, 6.45) is 0. The van der Waals surface area contributed by atoms with Crippen molar-refractivity contribution in [1.29, 1.82) is 0 Å². The molecule has 2 fully saturated rings. The molecule has 64 valence electrons. The van der Waals surface area contributed by atoms with Crippen molar-refractivity contribution in [2.24, 2.45) is 10.8 Å². The fourth-order valence-electron chi connectivity index (χ4n) is 1.69. The van der Waals surface area contributed by atoms with Crippen LogP contribution in [0.25, 0.3) is 0 Å². The van der Waals surface area contributed by atoms with Crippen LogP contribution in [-0.2, 0) is 9.47 Å². The molecule has 0 radical (unpaired) electrons. The third-order valence-corrected chi connectivity index (χ3v) is 3.18. The van der Waals surface area contributed by atoms with Crippen LogP contribution in [0.1, 0.15) is 6.92 Å². The molecule has 0 aromatic rings. The maximum Gasteiger partial charge on any atom is 0.0574 e. The molecular formula is C8H14O3. The smallest absolute Gasteiger partial charge is 0.0574 e. The third-order valence-electron chi connectivity index (χ3n) is 3.18. The Morgan fingerprint density at radius 1 is 1.18 bits per heavy atom. The number of aliphatic hydroxyl groups excluding tert-OH is 1. The largest absolute Gasteiger partial charge is 0.396 e. The highest BCUT2D eigenvalue weighted by Gasteiger charge is 2.56. The van der Waals surface area contributed by atoms with Crippen LogP contribution in [0.2, 0.25) is 0 Å². The highest BCUT2D eigenvalue weighted by Crippen LogP contribution is 2.49. The van der Waals surface area contributed by atoms with E-state index in [2.05, 4.69) is 6.92 Å². The van der Waals surface area contributed by atoms with Crippen molar-refractivity contribution < 1.29 is 14.6 Å². The van der Waals surface area contributed by atoms with E-state index in [4.69, 9.17) is 9.47 Å². The van der Waals surface area contributed by atoms with Gasteiger partial charge in [0.2, 0.25) is 0 Å². The van der Waals surface area contributed by atoms with E-state index in [1.165, 1.54) is 0 Å². The fraction of sp³-hybridized carbons (Fsp3) is 1.00. The molecule has 0 aliphatic carbocycles. The predicted octanol–water partition coefficient (Wildman–Crippen LogP) is 0.0318. The first-order valence-corrected chi connectivity index (χ1v) is 3.99. The summed E-state index contributed by atoms with van der Waals surface area (Å²) in [5, 5.41) is 9.20. The molecule has 0 bridgehead atoms. The number of aliphatic hydroxyl groups is 1. The first-order valence-electron chi connectivity index (χ1n) is 3.99. The lowest BCUT2D eigenvalue weighted by molar-refractivity contribution is -0.272. The minimum atomic E-state index is 0.00521. The highest BCUT2D eigenvalue weighted by atomic mass is 16.5. The molecule has 2 heterocycles. The average Bonchev–Trinajstić information content (AvgIpc) is 1.83. The maximum atomic E-state index is 9.20. The summed E-state index contributed by atoms with van der Waals surface area (Å²) in [6.45, 7) is 5.34. The highest BCUT2D eigenvalue weighted by molar-refractivity contribution is 5.02. The molecule has 3 nitrogen and oxygen atoms in total. The van der Waals surface area contributed by atoms with Crippen molar-refractivity contribution in [2.75, 3.05) is 33.0 Å². The van der Waals surface area contributed by atoms with Crippen LogP contribution in [0.3, 0.4) is 0 Å². The monoisotopic (exact) mass is 158 g/mol. The Bertz CT molecular complexity index is 153. The summed E-state index contributed by atoms with van der Waals surface area (Å²) < 4.78 is 10.3. The van der Waals surface area contributed by atoms with Gasteiger partial charge in [0.05, 0.1) is 33.0 Å². The second-order valence-electron chi connectivity index (χ2n) is 3.98. The molecule has 0 saturated carbocycles. The van der Waals surface area contributed by atoms with Crippen molar-refractivity contribution in [3.05, 3.63) is 0 Å². The van der Waals surface area contributed by atoms with Crippen LogP contribution in [-0.4, -0.2) is 38.1 Å². The Morgan fingerprint density at radius 2 is 1.73 bits per heavy atom. The van der Waals surface area contributed by atoms with E-state index >= 15 is 0 Å². The van der Waals surface area contributed by atoms with Gasteiger partial charge in [-0.25, -0.2) is 0 Å². The van der Waals surface area contributed by atoms with Gasteiger partial charge in [-0.2, -0.15) is 0 Å².